The van der Waals surface area contributed by atoms with Crippen molar-refractivity contribution in [3.8, 4) is 0 Å². The zero-order chi connectivity index (χ0) is 28.9. The molecule has 0 unspecified atom stereocenters. The van der Waals surface area contributed by atoms with Crippen molar-refractivity contribution in [3.05, 3.63) is 0 Å². The topological polar surface area (TPSA) is 207 Å². The average Bonchev–Trinajstić information content (AvgIpc) is 2.85. The molecule has 0 aromatic carbocycles. The number of hydrogen-bond acceptors (Lipinski definition) is 15. The summed E-state index contributed by atoms with van der Waals surface area (Å²) in [6.07, 6.45) is 0.515. The van der Waals surface area contributed by atoms with E-state index in [0.29, 0.717) is 6.42 Å². The van der Waals surface area contributed by atoms with Crippen molar-refractivity contribution in [3.63, 3.8) is 0 Å². The number of methoxy groups -OCH3 is 6. The molecule has 216 valence electrons. The number of rotatable bonds is 5. The fourth-order valence-electron chi connectivity index (χ4n) is 2.83. The minimum Gasteiger partial charge on any atom is -0.468 e. The van der Waals surface area contributed by atoms with Crippen LogP contribution >= 0.6 is 11.6 Å². The van der Waals surface area contributed by atoms with Gasteiger partial charge in [0.25, 0.3) is 0 Å². The molecule has 2 rings (SSSR count). The molecule has 2 saturated heterocycles. The summed E-state index contributed by atoms with van der Waals surface area (Å²) in [7, 11) is 7.04. The van der Waals surface area contributed by atoms with Gasteiger partial charge in [-0.3, -0.25) is 24.5 Å². The van der Waals surface area contributed by atoms with Crippen molar-refractivity contribution in [1.82, 2.24) is 10.2 Å². The maximum absolute atomic E-state index is 11.7. The lowest BCUT2D eigenvalue weighted by atomic mass is 9.92. The van der Waals surface area contributed by atoms with E-state index in [1.165, 1.54) is 14.2 Å². The van der Waals surface area contributed by atoms with E-state index >= 15 is 0 Å². The first kappa shape index (κ1) is 36.4. The van der Waals surface area contributed by atoms with Crippen LogP contribution in [0.4, 0.5) is 0 Å². The molecular weight excluding hydrogens is 540 g/mol. The lowest BCUT2D eigenvalue weighted by molar-refractivity contribution is -0.180. The molecule has 4 atom stereocenters. The Bertz CT molecular complexity index is 860. The monoisotopic (exact) mass is 570 g/mol. The number of esters is 6. The van der Waals surface area contributed by atoms with Crippen LogP contribution in [0.15, 0.2) is 0 Å². The second-order valence-corrected chi connectivity index (χ2v) is 7.18. The summed E-state index contributed by atoms with van der Waals surface area (Å²) in [5.74, 6) is -5.33. The van der Waals surface area contributed by atoms with Gasteiger partial charge in [-0.25, -0.2) is 19.2 Å². The number of carbonyl (C=O) groups is 8. The van der Waals surface area contributed by atoms with Crippen LogP contribution in [0.25, 0.3) is 0 Å². The third-order valence-corrected chi connectivity index (χ3v) is 5.00. The molecule has 0 saturated carbocycles. The molecule has 0 aliphatic carbocycles. The van der Waals surface area contributed by atoms with Crippen molar-refractivity contribution < 1.29 is 66.8 Å². The molecule has 0 radical (unpaired) electrons. The van der Waals surface area contributed by atoms with Gasteiger partial charge in [-0.1, -0.05) is 7.43 Å². The first-order valence-corrected chi connectivity index (χ1v) is 10.5. The number of ether oxygens (including phenoxy) is 6. The minimum atomic E-state index is -1.16. The molecule has 2 aliphatic heterocycles. The molecule has 0 aromatic rings. The Labute approximate surface area is 223 Å². The largest absolute Gasteiger partial charge is 0.468 e. The van der Waals surface area contributed by atoms with E-state index in [9.17, 15) is 38.4 Å². The van der Waals surface area contributed by atoms with E-state index in [2.05, 4.69) is 45.3 Å². The van der Waals surface area contributed by atoms with Crippen molar-refractivity contribution in [1.29, 1.82) is 0 Å². The van der Waals surface area contributed by atoms with E-state index in [1.807, 2.05) is 0 Å². The maximum Gasteiger partial charge on any atom is 0.396 e. The molecular formula is C21H31ClN2O14. The van der Waals surface area contributed by atoms with Crippen molar-refractivity contribution in [2.24, 2.45) is 0 Å². The highest BCUT2D eigenvalue weighted by atomic mass is 35.5. The molecule has 38 heavy (non-hydrogen) atoms. The third-order valence-electron chi connectivity index (χ3n) is 4.85. The Balaban J connectivity index is 0. The quantitative estimate of drug-likeness (QED) is 0.166. The van der Waals surface area contributed by atoms with Crippen LogP contribution in [0.1, 0.15) is 20.3 Å². The molecule has 2 aliphatic rings. The van der Waals surface area contributed by atoms with Crippen LogP contribution in [0.2, 0.25) is 0 Å². The molecule has 0 spiro atoms. The van der Waals surface area contributed by atoms with Gasteiger partial charge >= 0.3 is 47.0 Å². The van der Waals surface area contributed by atoms with Gasteiger partial charge in [0.1, 0.15) is 24.2 Å². The molecule has 17 heteroatoms. The highest BCUT2D eigenvalue weighted by Gasteiger charge is 2.52. The van der Waals surface area contributed by atoms with Crippen molar-refractivity contribution >= 4 is 58.6 Å². The fourth-order valence-corrected chi connectivity index (χ4v) is 2.91. The Morgan fingerprint density at radius 1 is 0.605 bits per heavy atom. The minimum absolute atomic E-state index is 0. The number of halogens is 1. The van der Waals surface area contributed by atoms with Gasteiger partial charge < -0.3 is 33.3 Å². The summed E-state index contributed by atoms with van der Waals surface area (Å²) in [6, 6.07) is -2.63. The summed E-state index contributed by atoms with van der Waals surface area (Å²) in [6.45, 7) is 0. The zero-order valence-corrected chi connectivity index (χ0v) is 21.5. The number of hydrogen-bond donors (Lipinski definition) is 1. The summed E-state index contributed by atoms with van der Waals surface area (Å²) < 4.78 is 26.0. The van der Waals surface area contributed by atoms with Crippen molar-refractivity contribution in [2.45, 2.75) is 44.4 Å². The Hall–Kier alpha value is -3.79. The second-order valence-electron chi connectivity index (χ2n) is 6.84. The maximum atomic E-state index is 11.7. The summed E-state index contributed by atoms with van der Waals surface area (Å²) in [4.78, 5) is 87.4. The van der Waals surface area contributed by atoms with E-state index in [4.69, 9.17) is 0 Å². The number of carbonyl (C=O) groups excluding carboxylic acids is 8. The third kappa shape index (κ3) is 9.93. The van der Waals surface area contributed by atoms with Gasteiger partial charge in [0, 0.05) is 6.42 Å². The highest BCUT2D eigenvalue weighted by Crippen LogP contribution is 2.28. The fraction of sp³-hybridized carbons (Fsp3) is 0.619. The van der Waals surface area contributed by atoms with Gasteiger partial charge in [-0.05, 0) is 18.0 Å². The number of amides is 1. The highest BCUT2D eigenvalue weighted by molar-refractivity contribution is 6.80. The number of nitrogens with zero attached hydrogens (tertiary/aromatic N) is 1. The summed E-state index contributed by atoms with van der Waals surface area (Å²) in [5, 5.41) is 1.64. The van der Waals surface area contributed by atoms with Crippen LogP contribution in [0.3, 0.4) is 0 Å². The lowest BCUT2D eigenvalue weighted by Gasteiger charge is -2.43. The predicted octanol–water partition coefficient (Wildman–Crippen LogP) is -1.90. The lowest BCUT2D eigenvalue weighted by Crippen LogP contribution is -2.66. The Morgan fingerprint density at radius 3 is 1.18 bits per heavy atom. The van der Waals surface area contributed by atoms with Crippen LogP contribution in [-0.4, -0.2) is 119 Å². The van der Waals surface area contributed by atoms with E-state index in [-0.39, 0.29) is 37.9 Å². The van der Waals surface area contributed by atoms with E-state index < -0.39 is 47.1 Å². The molecule has 16 nitrogen and oxygen atoms in total. The van der Waals surface area contributed by atoms with Crippen LogP contribution < -0.4 is 5.32 Å². The van der Waals surface area contributed by atoms with Crippen LogP contribution in [0.5, 0.6) is 0 Å². The molecule has 1 amide bonds. The van der Waals surface area contributed by atoms with Gasteiger partial charge in [0.05, 0.1) is 42.7 Å². The average molecular weight is 571 g/mol. The molecule has 0 aromatic heterocycles. The molecule has 0 bridgehead atoms. The van der Waals surface area contributed by atoms with Gasteiger partial charge in [0.15, 0.2) is 0 Å². The first-order chi connectivity index (χ1) is 17.3. The van der Waals surface area contributed by atoms with Gasteiger partial charge in [-0.2, -0.15) is 0 Å². The van der Waals surface area contributed by atoms with E-state index in [0.717, 1.165) is 33.3 Å². The SMILES string of the molecule is C.COC(=O)C(=O)Cl.COC(=O)C(=O)N1[C@@H](C(=O)OC)C[C@H]1C(=O)OC.COC(=O)[C@@H]1C[C@H](C(=O)OC)N1. The Kier molecular flexibility index (Phi) is 16.9. The normalized spacial score (nSPS) is 20.2. The zero-order valence-electron chi connectivity index (χ0n) is 20.8. The first-order valence-electron chi connectivity index (χ1n) is 10.1. The predicted molar refractivity (Wildman–Crippen MR) is 124 cm³/mol. The van der Waals surface area contributed by atoms with Gasteiger partial charge in [0.2, 0.25) is 0 Å². The van der Waals surface area contributed by atoms with Crippen LogP contribution in [-0.2, 0) is 66.8 Å². The smallest absolute Gasteiger partial charge is 0.396 e. The van der Waals surface area contributed by atoms with Crippen molar-refractivity contribution in [2.75, 3.05) is 42.7 Å². The molecule has 2 fully saturated rings. The summed E-state index contributed by atoms with van der Waals surface area (Å²) in [5.41, 5.74) is 0. The van der Waals surface area contributed by atoms with Crippen LogP contribution in [0, 0.1) is 0 Å². The summed E-state index contributed by atoms with van der Waals surface area (Å²) >= 11 is 4.61. The Morgan fingerprint density at radius 2 is 0.947 bits per heavy atom. The molecule has 1 N–H and O–H groups in total. The second kappa shape index (κ2) is 17.6. The van der Waals surface area contributed by atoms with Gasteiger partial charge in [-0.15, -0.1) is 0 Å². The number of likely N-dealkylation sites (tertiary alicyclic amines) is 1. The molecule has 2 heterocycles. The number of nitrogens with one attached hydrogen (secondary N) is 1. The standard InChI is InChI=1S/C10H13NO7.C7H11NO4.C3H3ClO3.CH4/c1-16-8(13)5-4-6(9(14)17-2)11(5)7(12)10(15)18-3;1-11-6(9)4-3-5(8-4)7(10)12-2;1-7-3(6)2(4)5;/h5-6H,4H2,1-3H3;4-5,8H,3H2,1-2H3;1H3;1H4/t5-,6+;4-,5+;;. The van der Waals surface area contributed by atoms with E-state index in [1.54, 1.807) is 0 Å².